The van der Waals surface area contributed by atoms with E-state index >= 15 is 0 Å². The summed E-state index contributed by atoms with van der Waals surface area (Å²) < 4.78 is 35.1. The molecule has 6 atom stereocenters. The van der Waals surface area contributed by atoms with Crippen LogP contribution in [0.25, 0.3) is 0 Å². The Labute approximate surface area is 512 Å². The third-order valence-corrected chi connectivity index (χ3v) is 16.4. The number of nitrogens with zero attached hydrogens (tertiary/aromatic N) is 4. The zero-order valence-electron chi connectivity index (χ0n) is 52.6. The number of ether oxygens (including phenoxy) is 6. The Balaban J connectivity index is 1.33. The molecule has 0 radical (unpaired) electrons. The molecule has 6 amide bonds. The fraction of sp³-hybridized carbons (Fsp3) is 0.561. The minimum atomic E-state index is -1.50. The molecule has 2 heterocycles. The van der Waals surface area contributed by atoms with E-state index in [0.29, 0.717) is 48.3 Å². The van der Waals surface area contributed by atoms with Gasteiger partial charge in [0.1, 0.15) is 48.7 Å². The highest BCUT2D eigenvalue weighted by Gasteiger charge is 2.43. The van der Waals surface area contributed by atoms with E-state index in [2.05, 4.69) is 10.6 Å². The Morgan fingerprint density at radius 1 is 0.713 bits per heavy atom. The second-order valence-corrected chi connectivity index (χ2v) is 24.5. The minimum Gasteiger partial charge on any atom is -0.493 e. The van der Waals surface area contributed by atoms with E-state index in [9.17, 15) is 43.2 Å². The number of methoxy groups -OCH3 is 2. The van der Waals surface area contributed by atoms with E-state index in [-0.39, 0.29) is 56.5 Å². The zero-order chi connectivity index (χ0) is 63.6. The lowest BCUT2D eigenvalue weighted by Gasteiger charge is -2.36. The largest absolute Gasteiger partial charge is 0.493 e. The molecule has 3 aromatic carbocycles. The van der Waals surface area contributed by atoms with Gasteiger partial charge in [0.05, 0.1) is 31.8 Å². The number of hydrogen-bond acceptors (Lipinski definition) is 15. The number of carbonyl (C=O) groups is 9. The SMILES string of the molecule is COc1ccc(CC[C@H]2OC(=O)[C@@H]3CCCCN3C(=O)C(=O)C(C)(C)COC(=O)C=CCCN(C)C(=O)[C@H](CC3CCCCC3)NC(=O)[C@H](COC(C)(C)C)N(C)C(=O)C(c3ccccc3)NC(=O)[C@H](C)N(C)C(=O)COc3cccc2c3)cc1OC. The highest BCUT2D eigenvalue weighted by Crippen LogP contribution is 2.34. The molecule has 6 rings (SSSR count). The second kappa shape index (κ2) is 31.7. The van der Waals surface area contributed by atoms with Crippen molar-refractivity contribution in [1.82, 2.24) is 30.2 Å². The van der Waals surface area contributed by atoms with Crippen LogP contribution in [0.1, 0.15) is 141 Å². The van der Waals surface area contributed by atoms with Crippen LogP contribution in [0.2, 0.25) is 0 Å². The summed E-state index contributed by atoms with van der Waals surface area (Å²) in [7, 11) is 7.53. The first-order valence-electron chi connectivity index (χ1n) is 30.2. The number of nitrogens with one attached hydrogen (secondary N) is 2. The van der Waals surface area contributed by atoms with Gasteiger partial charge >= 0.3 is 11.9 Å². The molecule has 474 valence electrons. The van der Waals surface area contributed by atoms with Gasteiger partial charge in [-0.15, -0.1) is 0 Å². The smallest absolute Gasteiger partial charge is 0.330 e. The Hall–Kier alpha value is -7.81. The molecule has 2 aliphatic heterocycles. The van der Waals surface area contributed by atoms with Crippen molar-refractivity contribution in [3.8, 4) is 17.2 Å². The number of hydrogen-bond donors (Lipinski definition) is 2. The summed E-state index contributed by atoms with van der Waals surface area (Å²) in [6.45, 7) is 8.90. The summed E-state index contributed by atoms with van der Waals surface area (Å²) >= 11 is 0. The van der Waals surface area contributed by atoms with Gasteiger partial charge in [-0.25, -0.2) is 9.59 Å². The van der Waals surface area contributed by atoms with Gasteiger partial charge in [-0.05, 0) is 133 Å². The highest BCUT2D eigenvalue weighted by molar-refractivity contribution is 6.38. The van der Waals surface area contributed by atoms with E-state index in [4.69, 9.17) is 28.4 Å². The number of carbonyl (C=O) groups excluding carboxylic acids is 9. The summed E-state index contributed by atoms with van der Waals surface area (Å²) in [4.78, 5) is 134. The summed E-state index contributed by atoms with van der Waals surface area (Å²) in [5, 5.41) is 5.84. The fourth-order valence-electron chi connectivity index (χ4n) is 10.8. The van der Waals surface area contributed by atoms with Crippen LogP contribution in [0.3, 0.4) is 0 Å². The molecule has 2 bridgehead atoms. The average molecular weight is 1210 g/mol. The third-order valence-electron chi connectivity index (χ3n) is 16.4. The maximum Gasteiger partial charge on any atom is 0.330 e. The summed E-state index contributed by atoms with van der Waals surface area (Å²) in [5.74, 6) is -4.88. The standard InChI is InChI=1S/C66H90N6O15/c1-43-59(76)68-57(46-25-16-13-17-26-46)62(79)71(9)51(40-86-65(2,3)4)60(77)67-49(37-44-23-14-12-15-24-44)61(78)69(7)35-20-19-30-56(74)85-42-66(5,6)58(75)63(80)72-36-21-18-29-50(72)64(81)87-52(33-31-45-32-34-53(82-10)54(38-45)83-11)47-27-22-28-48(39-47)84-41-55(73)70(43)8/h13,16-17,19,22,25-28,30,32,34,38-39,43-44,49-52,57H,12,14-15,18,20-21,23-24,29,31,33,35-37,40-42H2,1-11H3,(H,67,77)(H,68,76)/t43-,49-,50-,51-,52+,57?/m0/s1. The lowest BCUT2D eigenvalue weighted by Crippen LogP contribution is -2.58. The first-order chi connectivity index (χ1) is 41.3. The molecular weight excluding hydrogens is 1120 g/mol. The second-order valence-electron chi connectivity index (χ2n) is 24.5. The normalized spacial score (nSPS) is 23.8. The zero-order valence-corrected chi connectivity index (χ0v) is 52.6. The van der Waals surface area contributed by atoms with Gasteiger partial charge in [0.2, 0.25) is 29.4 Å². The van der Waals surface area contributed by atoms with E-state index in [0.717, 1.165) is 37.7 Å². The number of likely N-dealkylation sites (N-methyl/N-ethyl adjacent to an activating group) is 3. The van der Waals surface area contributed by atoms with Crippen LogP contribution in [0, 0.1) is 11.3 Å². The minimum absolute atomic E-state index is 0.103. The van der Waals surface area contributed by atoms with E-state index < -0.39 is 108 Å². The molecule has 1 aliphatic carbocycles. The Kier molecular flexibility index (Phi) is 24.9. The van der Waals surface area contributed by atoms with Crippen molar-refractivity contribution in [2.24, 2.45) is 11.3 Å². The summed E-state index contributed by atoms with van der Waals surface area (Å²) in [6.07, 6.45) is 9.05. The molecule has 3 aromatic rings. The van der Waals surface area contributed by atoms with Gasteiger partial charge in [-0.1, -0.05) is 86.7 Å². The molecule has 1 saturated carbocycles. The molecule has 3 aliphatic rings. The van der Waals surface area contributed by atoms with Crippen molar-refractivity contribution in [2.45, 2.75) is 161 Å². The number of aryl methyl sites for hydroxylation is 1. The van der Waals surface area contributed by atoms with Crippen molar-refractivity contribution >= 4 is 53.2 Å². The molecule has 21 heteroatoms. The number of amides is 6. The molecule has 21 nitrogen and oxygen atoms in total. The van der Waals surface area contributed by atoms with Gasteiger partial charge in [-0.3, -0.25) is 33.6 Å². The molecule has 87 heavy (non-hydrogen) atoms. The highest BCUT2D eigenvalue weighted by atomic mass is 16.5. The topological polar surface area (TPSA) is 246 Å². The van der Waals surface area contributed by atoms with Crippen LogP contribution >= 0.6 is 0 Å². The number of rotatable bonds is 10. The predicted octanol–water partition coefficient (Wildman–Crippen LogP) is 7.04. The maximum absolute atomic E-state index is 15.0. The summed E-state index contributed by atoms with van der Waals surface area (Å²) in [6, 6.07) is 14.7. The number of benzene rings is 3. The van der Waals surface area contributed by atoms with Gasteiger partial charge in [-0.2, -0.15) is 0 Å². The Morgan fingerprint density at radius 3 is 2.09 bits per heavy atom. The van der Waals surface area contributed by atoms with E-state index in [1.807, 2.05) is 32.9 Å². The van der Waals surface area contributed by atoms with Crippen LogP contribution in [0.15, 0.2) is 84.9 Å². The lowest BCUT2D eigenvalue weighted by atomic mass is 9.84. The summed E-state index contributed by atoms with van der Waals surface area (Å²) in [5.41, 5.74) is -0.521. The van der Waals surface area contributed by atoms with Crippen LogP contribution < -0.4 is 24.8 Å². The molecule has 1 unspecified atom stereocenters. The molecule has 2 N–H and O–H groups in total. The van der Waals surface area contributed by atoms with Gasteiger partial charge in [0.25, 0.3) is 11.8 Å². The van der Waals surface area contributed by atoms with Crippen LogP contribution in [-0.2, 0) is 63.8 Å². The monoisotopic (exact) mass is 1210 g/mol. The van der Waals surface area contributed by atoms with E-state index in [1.165, 1.54) is 80.8 Å². The number of fused-ring (bicyclic) bond motifs is 3. The van der Waals surface area contributed by atoms with Crippen molar-refractivity contribution in [2.75, 3.05) is 68.3 Å². The lowest BCUT2D eigenvalue weighted by molar-refractivity contribution is -0.165. The fourth-order valence-corrected chi connectivity index (χ4v) is 10.8. The first kappa shape index (κ1) is 68.3. The van der Waals surface area contributed by atoms with Crippen molar-refractivity contribution < 1.29 is 71.6 Å². The van der Waals surface area contributed by atoms with Crippen molar-refractivity contribution in [3.63, 3.8) is 0 Å². The van der Waals surface area contributed by atoms with Gasteiger partial charge in [0, 0.05) is 40.3 Å². The quantitative estimate of drug-likeness (QED) is 0.153. The Morgan fingerprint density at radius 2 is 1.40 bits per heavy atom. The first-order valence-corrected chi connectivity index (χ1v) is 30.2. The third kappa shape index (κ3) is 19.3. The van der Waals surface area contributed by atoms with Crippen LogP contribution in [0.4, 0.5) is 0 Å². The van der Waals surface area contributed by atoms with Crippen LogP contribution in [0.5, 0.6) is 17.2 Å². The number of Topliss-reactive ketones (excluding diaryl/α,β-unsaturated/α-hetero) is 1. The van der Waals surface area contributed by atoms with Crippen molar-refractivity contribution in [3.05, 3.63) is 102 Å². The number of ketones is 1. The van der Waals surface area contributed by atoms with Crippen molar-refractivity contribution in [1.29, 1.82) is 0 Å². The van der Waals surface area contributed by atoms with Crippen LogP contribution in [-0.4, -0.2) is 171 Å². The van der Waals surface area contributed by atoms with E-state index in [1.54, 1.807) is 67.7 Å². The molecule has 0 spiro atoms. The molecule has 0 aromatic heterocycles. The maximum atomic E-state index is 15.0. The molecular formula is C66H90N6O15. The predicted molar refractivity (Wildman–Crippen MR) is 324 cm³/mol. The number of esters is 2. The van der Waals surface area contributed by atoms with Gasteiger partial charge < -0.3 is 58.7 Å². The molecule has 1 saturated heterocycles. The Bertz CT molecular complexity index is 2920. The van der Waals surface area contributed by atoms with Gasteiger partial charge in [0.15, 0.2) is 18.1 Å². The number of cyclic esters (lactones) is 2. The molecule has 2 fully saturated rings. The number of piperidine rings is 1. The average Bonchev–Trinajstić information content (AvgIpc) is 3.12.